The van der Waals surface area contributed by atoms with Crippen LogP contribution in [0.15, 0.2) is 0 Å². The molecule has 3 aliphatic rings. The van der Waals surface area contributed by atoms with Crippen molar-refractivity contribution in [3.63, 3.8) is 0 Å². The van der Waals surface area contributed by atoms with Gasteiger partial charge in [0.2, 0.25) is 5.91 Å². The highest BCUT2D eigenvalue weighted by Gasteiger charge is 2.49. The van der Waals surface area contributed by atoms with Crippen LogP contribution < -0.4 is 16.0 Å². The third-order valence-corrected chi connectivity index (χ3v) is 4.44. The number of hydrogen-bond donors (Lipinski definition) is 7. The number of rotatable bonds is 4. The lowest BCUT2D eigenvalue weighted by atomic mass is 10.1. The first kappa shape index (κ1) is 16.4. The normalized spacial score (nSPS) is 39.8. The summed E-state index contributed by atoms with van der Waals surface area (Å²) in [4.78, 5) is 40.0. The number of amides is 1. The molecular formula is C10H20N4O7P+. The second-order valence-corrected chi connectivity index (χ2v) is 6.77. The summed E-state index contributed by atoms with van der Waals surface area (Å²) in [6.45, 7) is 0.455. The van der Waals surface area contributed by atoms with Gasteiger partial charge in [-0.3, -0.25) is 15.4 Å². The highest BCUT2D eigenvalue weighted by molar-refractivity contribution is 7.53. The number of hydrogen-bond acceptors (Lipinski definition) is 10. The zero-order valence-corrected chi connectivity index (χ0v) is 12.5. The third kappa shape index (κ3) is 3.39. The fraction of sp³-hybridized carbons (Fsp3) is 0.900. The highest BCUT2D eigenvalue weighted by atomic mass is 31.2. The molecule has 3 heterocycles. The molecule has 0 aliphatic carbocycles. The topological polar surface area (TPSA) is 156 Å². The number of aliphatic hydroxyl groups excluding tert-OH is 1. The van der Waals surface area contributed by atoms with Crippen LogP contribution in [-0.4, -0.2) is 81.2 Å². The molecule has 0 aromatic heterocycles. The predicted molar refractivity (Wildman–Crippen MR) is 72.4 cm³/mol. The lowest BCUT2D eigenvalue weighted by Gasteiger charge is -2.35. The number of carbonyl (C=O) groups excluding carboxylic acids is 1. The molecule has 3 aliphatic heterocycles. The van der Waals surface area contributed by atoms with E-state index in [1.165, 1.54) is 0 Å². The molecule has 126 valence electrons. The van der Waals surface area contributed by atoms with Crippen LogP contribution in [0.1, 0.15) is 6.42 Å². The van der Waals surface area contributed by atoms with Gasteiger partial charge in [-0.1, -0.05) is 0 Å². The van der Waals surface area contributed by atoms with Gasteiger partial charge in [-0.2, -0.15) is 19.2 Å². The van der Waals surface area contributed by atoms with Crippen molar-refractivity contribution in [1.82, 2.24) is 20.9 Å². The summed E-state index contributed by atoms with van der Waals surface area (Å²) in [5, 5.41) is 19.0. The van der Waals surface area contributed by atoms with Crippen molar-refractivity contribution in [2.45, 2.75) is 37.1 Å². The lowest BCUT2D eigenvalue weighted by Crippen LogP contribution is -2.64. The SMILES string of the molecule is O=C1NCNC2C1NCN2C1OC(CO[P+](O)(O)O)CC1O. The standard InChI is InChI=1S/C10H19N4O7P/c15-6-1-5(2-20-22(17,18)19)21-10(6)14-4-13-7-8(14)11-3-12-9(7)16/h5-8,10-11,13,15,17-19H,1-4H2/p+1. The van der Waals surface area contributed by atoms with Gasteiger partial charge in [-0.25, -0.2) is 4.90 Å². The number of ether oxygens (including phenoxy) is 1. The van der Waals surface area contributed by atoms with Gasteiger partial charge in [0.25, 0.3) is 0 Å². The minimum atomic E-state index is -4.32. The molecule has 0 radical (unpaired) electrons. The van der Waals surface area contributed by atoms with Crippen molar-refractivity contribution in [2.75, 3.05) is 19.9 Å². The van der Waals surface area contributed by atoms with Crippen LogP contribution in [0.5, 0.6) is 0 Å². The Morgan fingerprint density at radius 1 is 1.36 bits per heavy atom. The van der Waals surface area contributed by atoms with E-state index in [-0.39, 0.29) is 25.1 Å². The smallest absolute Gasteiger partial charge is 0.389 e. The van der Waals surface area contributed by atoms with Crippen LogP contribution in [0.4, 0.5) is 0 Å². The van der Waals surface area contributed by atoms with Gasteiger partial charge in [-0.05, 0) is 0 Å². The van der Waals surface area contributed by atoms with E-state index in [2.05, 4.69) is 20.5 Å². The highest BCUT2D eigenvalue weighted by Crippen LogP contribution is 2.46. The Morgan fingerprint density at radius 3 is 2.86 bits per heavy atom. The molecule has 0 spiro atoms. The molecule has 1 amide bonds. The summed E-state index contributed by atoms with van der Waals surface area (Å²) in [5.41, 5.74) is 0. The molecule has 22 heavy (non-hydrogen) atoms. The van der Waals surface area contributed by atoms with E-state index in [1.807, 2.05) is 0 Å². The van der Waals surface area contributed by atoms with E-state index in [4.69, 9.17) is 19.4 Å². The van der Waals surface area contributed by atoms with E-state index in [1.54, 1.807) is 4.90 Å². The monoisotopic (exact) mass is 339 g/mol. The van der Waals surface area contributed by atoms with E-state index < -0.39 is 32.6 Å². The minimum absolute atomic E-state index is 0.117. The van der Waals surface area contributed by atoms with Gasteiger partial charge in [0.1, 0.15) is 18.9 Å². The van der Waals surface area contributed by atoms with Crippen LogP contribution in [-0.2, 0) is 14.1 Å². The average Bonchev–Trinajstić information content (AvgIpc) is 3.00. The Kier molecular flexibility index (Phi) is 4.63. The Balaban J connectivity index is 1.59. The maximum absolute atomic E-state index is 11.8. The molecule has 3 fully saturated rings. The average molecular weight is 339 g/mol. The molecule has 12 heteroatoms. The van der Waals surface area contributed by atoms with Crippen LogP contribution in [0.2, 0.25) is 0 Å². The molecule has 3 saturated heterocycles. The first-order valence-corrected chi connectivity index (χ1v) is 8.47. The number of fused-ring (bicyclic) bond motifs is 1. The number of nitrogens with one attached hydrogen (secondary N) is 3. The Labute approximate surface area is 126 Å². The van der Waals surface area contributed by atoms with Gasteiger partial charge in [0.15, 0.2) is 0 Å². The summed E-state index contributed by atoms with van der Waals surface area (Å²) in [7, 11) is -4.32. The van der Waals surface area contributed by atoms with Gasteiger partial charge >= 0.3 is 8.17 Å². The van der Waals surface area contributed by atoms with Crippen molar-refractivity contribution in [1.29, 1.82) is 0 Å². The summed E-state index contributed by atoms with van der Waals surface area (Å²) < 4.78 is 10.2. The fourth-order valence-electron chi connectivity index (χ4n) is 3.00. The molecule has 11 nitrogen and oxygen atoms in total. The van der Waals surface area contributed by atoms with E-state index in [9.17, 15) is 9.90 Å². The Morgan fingerprint density at radius 2 is 2.14 bits per heavy atom. The second kappa shape index (κ2) is 6.21. The van der Waals surface area contributed by atoms with E-state index >= 15 is 0 Å². The zero-order valence-electron chi connectivity index (χ0n) is 11.6. The van der Waals surface area contributed by atoms with Crippen molar-refractivity contribution in [3.8, 4) is 0 Å². The van der Waals surface area contributed by atoms with Gasteiger partial charge in [-0.15, -0.1) is 0 Å². The Bertz CT molecular complexity index is 436. The number of carbonyl (C=O) groups is 1. The molecule has 0 aromatic rings. The van der Waals surface area contributed by atoms with E-state index in [0.717, 1.165) is 0 Å². The van der Waals surface area contributed by atoms with Crippen molar-refractivity contribution in [2.24, 2.45) is 0 Å². The van der Waals surface area contributed by atoms with E-state index in [0.29, 0.717) is 13.3 Å². The maximum atomic E-state index is 11.8. The molecular weight excluding hydrogens is 319 g/mol. The summed E-state index contributed by atoms with van der Waals surface area (Å²) in [6, 6.07) is -0.425. The second-order valence-electron chi connectivity index (χ2n) is 5.48. The maximum Gasteiger partial charge on any atom is 0.567 e. The molecule has 0 saturated carbocycles. The molecule has 0 aromatic carbocycles. The summed E-state index contributed by atoms with van der Waals surface area (Å²) in [6.07, 6.45) is -2.12. The molecule has 5 unspecified atom stereocenters. The number of aliphatic hydroxyl groups is 1. The van der Waals surface area contributed by atoms with Crippen molar-refractivity contribution >= 4 is 14.1 Å². The first-order chi connectivity index (χ1) is 10.3. The molecule has 0 bridgehead atoms. The van der Waals surface area contributed by atoms with Crippen molar-refractivity contribution in [3.05, 3.63) is 0 Å². The lowest BCUT2D eigenvalue weighted by molar-refractivity contribution is -0.131. The van der Waals surface area contributed by atoms with Crippen LogP contribution in [0.3, 0.4) is 0 Å². The van der Waals surface area contributed by atoms with Crippen LogP contribution in [0.25, 0.3) is 0 Å². The van der Waals surface area contributed by atoms with Crippen molar-refractivity contribution < 1.29 is 33.8 Å². The van der Waals surface area contributed by atoms with Crippen LogP contribution >= 0.6 is 8.17 Å². The molecule has 7 N–H and O–H groups in total. The third-order valence-electron chi connectivity index (χ3n) is 3.95. The number of nitrogens with zero attached hydrogens (tertiary/aromatic N) is 1. The summed E-state index contributed by atoms with van der Waals surface area (Å²) in [5.74, 6) is -0.117. The molecule has 5 atom stereocenters. The van der Waals surface area contributed by atoms with Crippen LogP contribution in [0, 0.1) is 0 Å². The molecule has 3 rings (SSSR count). The quantitative estimate of drug-likeness (QED) is 0.255. The fourth-order valence-corrected chi connectivity index (χ4v) is 3.36. The largest absolute Gasteiger partial charge is 0.567 e. The van der Waals surface area contributed by atoms with Gasteiger partial charge in [0.05, 0.1) is 31.7 Å². The Hall–Kier alpha value is -0.460. The zero-order chi connectivity index (χ0) is 15.9. The van der Waals surface area contributed by atoms with Gasteiger partial charge < -0.3 is 15.2 Å². The summed E-state index contributed by atoms with van der Waals surface area (Å²) >= 11 is 0. The minimum Gasteiger partial charge on any atom is -0.389 e. The predicted octanol–water partition coefficient (Wildman–Crippen LogP) is -3.63. The first-order valence-electron chi connectivity index (χ1n) is 6.91. The van der Waals surface area contributed by atoms with Gasteiger partial charge in [0, 0.05) is 6.42 Å².